The van der Waals surface area contributed by atoms with Crippen LogP contribution in [-0.4, -0.2) is 50.3 Å². The second kappa shape index (κ2) is 6.11. The van der Waals surface area contributed by atoms with Gasteiger partial charge < -0.3 is 10.6 Å². The van der Waals surface area contributed by atoms with Gasteiger partial charge in [-0.2, -0.15) is 4.31 Å². The van der Waals surface area contributed by atoms with Crippen LogP contribution in [-0.2, 0) is 16.6 Å². The van der Waals surface area contributed by atoms with Gasteiger partial charge in [-0.25, -0.2) is 8.42 Å². The summed E-state index contributed by atoms with van der Waals surface area (Å²) in [6.07, 6.45) is 0. The van der Waals surface area contributed by atoms with E-state index < -0.39 is 10.0 Å². The van der Waals surface area contributed by atoms with Gasteiger partial charge in [0.2, 0.25) is 10.0 Å². The number of nitrogens with two attached hydrogens (primary N) is 1. The molecule has 0 aromatic heterocycles. The van der Waals surface area contributed by atoms with Crippen LogP contribution in [0.3, 0.4) is 0 Å². The Hall–Kier alpha value is -0.470. The predicted octanol–water partition coefficient (Wildman–Crippen LogP) is 1.23. The number of piperazine rings is 1. The molecule has 112 valence electrons. The molecule has 1 aromatic rings. The molecule has 2 rings (SSSR count). The van der Waals surface area contributed by atoms with Gasteiger partial charge in [0, 0.05) is 36.7 Å². The zero-order valence-electron chi connectivity index (χ0n) is 11.7. The average molecular weight is 362 g/mol. The van der Waals surface area contributed by atoms with Crippen molar-refractivity contribution >= 4 is 26.0 Å². The Balaban J connectivity index is 2.31. The molecule has 0 spiro atoms. The summed E-state index contributed by atoms with van der Waals surface area (Å²) in [5.41, 5.74) is 6.47. The lowest BCUT2D eigenvalue weighted by Crippen LogP contribution is -2.51. The molecule has 5 nitrogen and oxygen atoms in total. The monoisotopic (exact) mass is 361 g/mol. The minimum atomic E-state index is -3.46. The van der Waals surface area contributed by atoms with Crippen LogP contribution in [0.2, 0.25) is 0 Å². The Morgan fingerprint density at radius 2 is 2.10 bits per heavy atom. The smallest absolute Gasteiger partial charge is 0.244 e. The van der Waals surface area contributed by atoms with Gasteiger partial charge in [0.15, 0.2) is 0 Å². The molecule has 1 heterocycles. The van der Waals surface area contributed by atoms with Crippen molar-refractivity contribution in [2.45, 2.75) is 24.4 Å². The molecule has 20 heavy (non-hydrogen) atoms. The zero-order valence-corrected chi connectivity index (χ0v) is 14.1. The summed E-state index contributed by atoms with van der Waals surface area (Å²) in [6.45, 7) is 4.22. The highest BCUT2D eigenvalue weighted by Crippen LogP contribution is 2.27. The minimum absolute atomic E-state index is 0.223. The number of hydrogen-bond acceptors (Lipinski definition) is 4. The highest BCUT2D eigenvalue weighted by molar-refractivity contribution is 9.10. The van der Waals surface area contributed by atoms with E-state index in [4.69, 9.17) is 5.73 Å². The van der Waals surface area contributed by atoms with Gasteiger partial charge >= 0.3 is 0 Å². The molecule has 1 fully saturated rings. The van der Waals surface area contributed by atoms with Crippen molar-refractivity contribution < 1.29 is 8.42 Å². The molecule has 0 aliphatic carbocycles. The van der Waals surface area contributed by atoms with Gasteiger partial charge in [-0.3, -0.25) is 0 Å². The summed E-state index contributed by atoms with van der Waals surface area (Å²) in [6, 6.07) is 5.38. The van der Waals surface area contributed by atoms with Crippen LogP contribution in [0.25, 0.3) is 0 Å². The highest BCUT2D eigenvalue weighted by Gasteiger charge is 2.31. The standard InChI is InChI=1S/C13H20BrN3O2S/c1-10-9-17(6-5-16(10)2)20(18,19)13-4-3-11(8-15)7-12(13)14/h3-4,7,10H,5-6,8-9,15H2,1-2H3. The van der Waals surface area contributed by atoms with Crippen molar-refractivity contribution in [2.24, 2.45) is 5.73 Å². The maximum atomic E-state index is 12.7. The molecule has 1 atom stereocenters. The Morgan fingerprint density at radius 1 is 1.40 bits per heavy atom. The summed E-state index contributed by atoms with van der Waals surface area (Å²) in [5, 5.41) is 0. The summed E-state index contributed by atoms with van der Waals surface area (Å²) in [5.74, 6) is 0. The van der Waals surface area contributed by atoms with Crippen LogP contribution in [0.4, 0.5) is 0 Å². The van der Waals surface area contributed by atoms with Crippen molar-refractivity contribution in [3.05, 3.63) is 28.2 Å². The van der Waals surface area contributed by atoms with Crippen molar-refractivity contribution in [3.8, 4) is 0 Å². The molecule has 1 aliphatic rings. The molecular formula is C13H20BrN3O2S. The molecule has 1 unspecified atom stereocenters. The second-order valence-corrected chi connectivity index (χ2v) is 7.92. The Labute approximate surface area is 128 Å². The van der Waals surface area contributed by atoms with Crippen LogP contribution in [0.1, 0.15) is 12.5 Å². The lowest BCUT2D eigenvalue weighted by Gasteiger charge is -2.36. The molecule has 0 radical (unpaired) electrons. The van der Waals surface area contributed by atoms with E-state index in [0.29, 0.717) is 29.0 Å². The van der Waals surface area contributed by atoms with E-state index >= 15 is 0 Å². The van der Waals surface area contributed by atoms with Crippen LogP contribution >= 0.6 is 15.9 Å². The fourth-order valence-electron chi connectivity index (χ4n) is 2.25. The second-order valence-electron chi connectivity index (χ2n) is 5.16. The van der Waals surface area contributed by atoms with Crippen LogP contribution in [0.5, 0.6) is 0 Å². The number of hydrogen-bond donors (Lipinski definition) is 1. The molecule has 1 aliphatic heterocycles. The van der Waals surface area contributed by atoms with E-state index in [1.165, 1.54) is 0 Å². The van der Waals surface area contributed by atoms with E-state index in [9.17, 15) is 8.42 Å². The number of sulfonamides is 1. The van der Waals surface area contributed by atoms with E-state index in [1.807, 2.05) is 14.0 Å². The number of rotatable bonds is 3. The fourth-order valence-corrected chi connectivity index (χ4v) is 4.85. The lowest BCUT2D eigenvalue weighted by atomic mass is 10.2. The van der Waals surface area contributed by atoms with Gasteiger partial charge in [0.1, 0.15) is 0 Å². The number of nitrogens with zero attached hydrogens (tertiary/aromatic N) is 2. The SMILES string of the molecule is CC1CN(S(=O)(=O)c2ccc(CN)cc2Br)CCN1C. The quantitative estimate of drug-likeness (QED) is 0.879. The highest BCUT2D eigenvalue weighted by atomic mass is 79.9. The summed E-state index contributed by atoms with van der Waals surface area (Å²) >= 11 is 3.35. The third-order valence-electron chi connectivity index (χ3n) is 3.77. The molecule has 1 saturated heterocycles. The summed E-state index contributed by atoms with van der Waals surface area (Å²) in [7, 11) is -1.44. The van der Waals surface area contributed by atoms with Gasteiger partial charge in [-0.05, 0) is 47.6 Å². The number of halogens is 1. The summed E-state index contributed by atoms with van der Waals surface area (Å²) in [4.78, 5) is 2.48. The number of likely N-dealkylation sites (N-methyl/N-ethyl adjacent to an activating group) is 1. The molecular weight excluding hydrogens is 342 g/mol. The van der Waals surface area contributed by atoms with Gasteiger partial charge in [-0.1, -0.05) is 6.07 Å². The number of benzene rings is 1. The van der Waals surface area contributed by atoms with Gasteiger partial charge in [0.05, 0.1) is 4.90 Å². The van der Waals surface area contributed by atoms with E-state index in [-0.39, 0.29) is 6.04 Å². The van der Waals surface area contributed by atoms with Crippen molar-refractivity contribution in [2.75, 3.05) is 26.7 Å². The molecule has 1 aromatic carbocycles. The first kappa shape index (κ1) is 15.9. The minimum Gasteiger partial charge on any atom is -0.326 e. The molecule has 0 saturated carbocycles. The van der Waals surface area contributed by atoms with Crippen LogP contribution in [0.15, 0.2) is 27.6 Å². The third kappa shape index (κ3) is 3.07. The predicted molar refractivity (Wildman–Crippen MR) is 82.9 cm³/mol. The molecule has 0 bridgehead atoms. The van der Waals surface area contributed by atoms with Gasteiger partial charge in [-0.15, -0.1) is 0 Å². The summed E-state index contributed by atoms with van der Waals surface area (Å²) < 4.78 is 27.5. The molecule has 7 heteroatoms. The maximum absolute atomic E-state index is 12.7. The largest absolute Gasteiger partial charge is 0.326 e. The first-order valence-corrected chi connectivity index (χ1v) is 8.78. The van der Waals surface area contributed by atoms with Crippen LogP contribution < -0.4 is 5.73 Å². The Bertz CT molecular complexity index is 591. The van der Waals surface area contributed by atoms with E-state index in [0.717, 1.165) is 12.1 Å². The first-order chi connectivity index (χ1) is 9.36. The van der Waals surface area contributed by atoms with Gasteiger partial charge in [0.25, 0.3) is 0 Å². The van der Waals surface area contributed by atoms with Crippen molar-refractivity contribution in [3.63, 3.8) is 0 Å². The van der Waals surface area contributed by atoms with Crippen molar-refractivity contribution in [1.82, 2.24) is 9.21 Å². The Kier molecular flexibility index (Phi) is 4.86. The topological polar surface area (TPSA) is 66.6 Å². The zero-order chi connectivity index (χ0) is 14.9. The van der Waals surface area contributed by atoms with Crippen LogP contribution in [0, 0.1) is 0 Å². The van der Waals surface area contributed by atoms with E-state index in [2.05, 4.69) is 20.8 Å². The normalized spacial score (nSPS) is 22.1. The van der Waals surface area contributed by atoms with Crippen molar-refractivity contribution in [1.29, 1.82) is 0 Å². The fraction of sp³-hybridized carbons (Fsp3) is 0.538. The lowest BCUT2D eigenvalue weighted by molar-refractivity contribution is 0.159. The Morgan fingerprint density at radius 3 is 2.65 bits per heavy atom. The maximum Gasteiger partial charge on any atom is 0.244 e. The third-order valence-corrected chi connectivity index (χ3v) is 6.61. The van der Waals surface area contributed by atoms with E-state index in [1.54, 1.807) is 22.5 Å². The first-order valence-electron chi connectivity index (χ1n) is 6.55. The average Bonchev–Trinajstić information content (AvgIpc) is 2.41. The molecule has 2 N–H and O–H groups in total. The molecule has 0 amide bonds.